The first-order valence-electron chi connectivity index (χ1n) is 15.4. The van der Waals surface area contributed by atoms with E-state index in [1.54, 1.807) is 18.7 Å². The molecule has 0 bridgehead atoms. The van der Waals surface area contributed by atoms with Crippen LogP contribution in [0.4, 0.5) is 14.5 Å². The van der Waals surface area contributed by atoms with Crippen LogP contribution in [-0.4, -0.2) is 58.0 Å². The molecule has 0 radical (unpaired) electrons. The Bertz CT molecular complexity index is 1630. The van der Waals surface area contributed by atoms with E-state index in [4.69, 9.17) is 15.2 Å². The van der Waals surface area contributed by atoms with E-state index in [0.717, 1.165) is 21.4 Å². The van der Waals surface area contributed by atoms with Gasteiger partial charge in [0.1, 0.15) is 12.8 Å². The molecule has 4 fully saturated rings. The third kappa shape index (κ3) is 4.15. The Hall–Kier alpha value is -2.89. The monoisotopic (exact) mass is 637 g/mol. The topological polar surface area (TPSA) is 119 Å². The number of ether oxygens (including phenoxy) is 2. The standard InChI is InChI=1S/C35H37F2NO6S/c1-18-10-20(38)12-23(11-18)45-22-6-4-19(5-7-22)31-43-30-15-24-25-14-27(36)26-13-21(40)8-9-32(26,2)34(25,37)28(41)16-33(24,3)35(30,44-31)29(42)17-39/h4-13,24-25,27-28,30-31,39,41H,14-17,38H2,1-3H3/t24-,25-,27-,28-,30+,31+,32-,33-,34-,35+/m0/s1. The summed E-state index contributed by atoms with van der Waals surface area (Å²) in [6.45, 7) is 4.47. The Morgan fingerprint density at radius 3 is 2.53 bits per heavy atom. The molecule has 0 unspecified atom stereocenters. The van der Waals surface area contributed by atoms with Crippen molar-refractivity contribution in [3.63, 3.8) is 0 Å². The molecule has 4 N–H and O–H groups in total. The van der Waals surface area contributed by atoms with Gasteiger partial charge in [-0.15, -0.1) is 0 Å². The molecule has 10 heteroatoms. The van der Waals surface area contributed by atoms with E-state index in [2.05, 4.69) is 0 Å². The van der Waals surface area contributed by atoms with Crippen LogP contribution in [0, 0.1) is 29.6 Å². The SMILES string of the molecule is Cc1cc(N)cc(Sc2ccc([C@@H]3O[C@@H]4C[C@H]5[C@@H]6C[C@H](F)C7=CC(=O)C=C[C@]7(C)[C@@]6(F)[C@@H](O)C[C@]5(C)[C@]4(C(=O)CO)O3)cc2)c1. The number of carbonyl (C=O) groups is 2. The van der Waals surface area contributed by atoms with Crippen LogP contribution >= 0.6 is 11.8 Å². The number of carbonyl (C=O) groups excluding carboxylic acids is 2. The number of rotatable bonds is 5. The number of aliphatic hydroxyl groups excluding tert-OH is 2. The lowest BCUT2D eigenvalue weighted by atomic mass is 9.44. The van der Waals surface area contributed by atoms with Crippen LogP contribution in [0.25, 0.3) is 0 Å². The van der Waals surface area contributed by atoms with E-state index in [1.165, 1.54) is 19.1 Å². The van der Waals surface area contributed by atoms with Crippen molar-refractivity contribution < 1.29 is 38.1 Å². The van der Waals surface area contributed by atoms with Gasteiger partial charge in [0.25, 0.3) is 0 Å². The Balaban J connectivity index is 1.20. The first-order valence-corrected chi connectivity index (χ1v) is 16.2. The van der Waals surface area contributed by atoms with Crippen LogP contribution in [-0.2, 0) is 19.1 Å². The summed E-state index contributed by atoms with van der Waals surface area (Å²) < 4.78 is 46.3. The van der Waals surface area contributed by atoms with Gasteiger partial charge in [-0.3, -0.25) is 9.59 Å². The van der Waals surface area contributed by atoms with Crippen LogP contribution in [0.5, 0.6) is 0 Å². The van der Waals surface area contributed by atoms with Crippen molar-refractivity contribution in [1.29, 1.82) is 0 Å². The minimum atomic E-state index is -2.29. The third-order valence-electron chi connectivity index (χ3n) is 11.4. The average Bonchev–Trinajstić information content (AvgIpc) is 3.48. The maximum absolute atomic E-state index is 17.6. The number of fused-ring (bicyclic) bond motifs is 7. The average molecular weight is 638 g/mol. The van der Waals surface area contributed by atoms with Gasteiger partial charge in [-0.2, -0.15) is 0 Å². The summed E-state index contributed by atoms with van der Waals surface area (Å²) in [6, 6.07) is 13.4. The number of nitrogen functional groups attached to an aromatic ring is 1. The number of Topliss-reactive ketones (excluding diaryl/α,β-unsaturated/α-hetero) is 1. The molecule has 0 spiro atoms. The van der Waals surface area contributed by atoms with E-state index >= 15 is 8.78 Å². The summed E-state index contributed by atoms with van der Waals surface area (Å²) in [5.74, 6) is -2.61. The highest BCUT2D eigenvalue weighted by Crippen LogP contribution is 2.72. The van der Waals surface area contributed by atoms with Gasteiger partial charge in [0.15, 0.2) is 29.1 Å². The van der Waals surface area contributed by atoms with Crippen molar-refractivity contribution in [3.05, 3.63) is 77.4 Å². The molecule has 10 atom stereocenters. The highest BCUT2D eigenvalue weighted by atomic mass is 32.2. The van der Waals surface area contributed by atoms with Gasteiger partial charge in [0.05, 0.1) is 12.2 Å². The quantitative estimate of drug-likeness (QED) is 0.375. The van der Waals surface area contributed by atoms with Crippen molar-refractivity contribution in [2.75, 3.05) is 12.3 Å². The summed E-state index contributed by atoms with van der Waals surface area (Å²) in [4.78, 5) is 27.8. The first-order chi connectivity index (χ1) is 21.3. The Morgan fingerprint density at radius 2 is 1.84 bits per heavy atom. The van der Waals surface area contributed by atoms with Crippen molar-refractivity contribution in [2.45, 2.75) is 85.8 Å². The molecule has 5 aliphatic rings. The van der Waals surface area contributed by atoms with Gasteiger partial charge in [-0.05, 0) is 92.6 Å². The van der Waals surface area contributed by atoms with Gasteiger partial charge in [-0.25, -0.2) is 8.78 Å². The highest BCUT2D eigenvalue weighted by Gasteiger charge is 2.80. The number of anilines is 1. The number of alkyl halides is 2. The van der Waals surface area contributed by atoms with Crippen molar-refractivity contribution >= 4 is 29.0 Å². The molecule has 3 saturated carbocycles. The van der Waals surface area contributed by atoms with Crippen molar-refractivity contribution in [2.24, 2.45) is 22.7 Å². The molecular formula is C35H37F2NO6S. The second-order valence-electron chi connectivity index (χ2n) is 13.7. The fourth-order valence-corrected chi connectivity index (χ4v) is 10.4. The number of benzene rings is 2. The predicted molar refractivity (Wildman–Crippen MR) is 164 cm³/mol. The predicted octanol–water partition coefficient (Wildman–Crippen LogP) is 5.37. The molecule has 45 heavy (non-hydrogen) atoms. The van der Waals surface area contributed by atoms with Crippen LogP contribution in [0.1, 0.15) is 50.5 Å². The highest BCUT2D eigenvalue weighted by molar-refractivity contribution is 7.99. The van der Waals surface area contributed by atoms with E-state index in [1.807, 2.05) is 49.4 Å². The van der Waals surface area contributed by atoms with E-state index in [-0.39, 0.29) is 24.8 Å². The zero-order valence-electron chi connectivity index (χ0n) is 25.3. The molecule has 1 saturated heterocycles. The van der Waals surface area contributed by atoms with Gasteiger partial charge in [0, 0.05) is 37.8 Å². The third-order valence-corrected chi connectivity index (χ3v) is 12.4. The second-order valence-corrected chi connectivity index (χ2v) is 14.9. The largest absolute Gasteiger partial charge is 0.399 e. The molecule has 1 heterocycles. The Morgan fingerprint density at radius 1 is 1.11 bits per heavy atom. The van der Waals surface area contributed by atoms with E-state index in [9.17, 15) is 19.8 Å². The zero-order chi connectivity index (χ0) is 32.1. The number of aliphatic hydroxyl groups is 2. The second kappa shape index (κ2) is 10.3. The lowest BCUT2D eigenvalue weighted by Crippen LogP contribution is -2.70. The number of nitrogens with two attached hydrogens (primary N) is 1. The maximum Gasteiger partial charge on any atom is 0.193 e. The lowest BCUT2D eigenvalue weighted by molar-refractivity contribution is -0.235. The molecule has 238 valence electrons. The maximum atomic E-state index is 17.6. The summed E-state index contributed by atoms with van der Waals surface area (Å²) >= 11 is 1.55. The van der Waals surface area contributed by atoms with Crippen LogP contribution < -0.4 is 5.73 Å². The number of hydrogen-bond acceptors (Lipinski definition) is 8. The molecule has 2 aromatic rings. The van der Waals surface area contributed by atoms with Crippen molar-refractivity contribution in [1.82, 2.24) is 0 Å². The van der Waals surface area contributed by atoms with Gasteiger partial charge in [-0.1, -0.05) is 36.9 Å². The Labute approximate surface area is 264 Å². The number of allylic oxidation sites excluding steroid dienone is 4. The van der Waals surface area contributed by atoms with Crippen LogP contribution in [0.3, 0.4) is 0 Å². The summed E-state index contributed by atoms with van der Waals surface area (Å²) in [7, 11) is 0. The minimum Gasteiger partial charge on any atom is -0.399 e. The normalized spacial score (nSPS) is 41.6. The molecule has 7 rings (SSSR count). The van der Waals surface area contributed by atoms with Crippen molar-refractivity contribution in [3.8, 4) is 0 Å². The molecule has 4 aliphatic carbocycles. The summed E-state index contributed by atoms with van der Waals surface area (Å²) in [6.07, 6.45) is -1.43. The number of aryl methyl sites for hydroxylation is 1. The molecule has 0 aromatic heterocycles. The first kappa shape index (κ1) is 30.7. The lowest BCUT2D eigenvalue weighted by Gasteiger charge is -2.63. The minimum absolute atomic E-state index is 0.0378. The van der Waals surface area contributed by atoms with Gasteiger partial charge in [0.2, 0.25) is 0 Å². The summed E-state index contributed by atoms with van der Waals surface area (Å²) in [5, 5.41) is 21.8. The van der Waals surface area contributed by atoms with E-state index in [0.29, 0.717) is 11.3 Å². The number of hydrogen-bond donors (Lipinski definition) is 3. The number of halogens is 2. The zero-order valence-corrected chi connectivity index (χ0v) is 26.2. The fraction of sp³-hybridized carbons (Fsp3) is 0.486. The molecule has 2 aromatic carbocycles. The van der Waals surface area contributed by atoms with E-state index < -0.39 is 76.8 Å². The molecular weight excluding hydrogens is 600 g/mol. The smallest absolute Gasteiger partial charge is 0.193 e. The van der Waals surface area contributed by atoms with Gasteiger partial charge < -0.3 is 25.4 Å². The van der Waals surface area contributed by atoms with Gasteiger partial charge >= 0.3 is 0 Å². The fourth-order valence-electron chi connectivity index (χ4n) is 9.38. The van der Waals surface area contributed by atoms with Crippen LogP contribution in [0.2, 0.25) is 0 Å². The van der Waals surface area contributed by atoms with Crippen LogP contribution in [0.15, 0.2) is 76.1 Å². The number of ketones is 2. The molecule has 1 aliphatic heterocycles. The Kier molecular flexibility index (Phi) is 7.04. The molecule has 0 amide bonds. The molecule has 7 nitrogen and oxygen atoms in total. The summed E-state index contributed by atoms with van der Waals surface area (Å²) in [5.41, 5.74) is 1.78.